The lowest BCUT2D eigenvalue weighted by molar-refractivity contribution is -0.140. The first kappa shape index (κ1) is 30.5. The maximum Gasteiger partial charge on any atom is 0.244 e. The Labute approximate surface area is 258 Å². The quantitative estimate of drug-likeness (QED) is 0.263. The van der Waals surface area contributed by atoms with Crippen LogP contribution in [0.3, 0.4) is 0 Å². The third-order valence-corrected chi connectivity index (χ3v) is 9.42. The Morgan fingerprint density at radius 3 is 2.17 bits per heavy atom. The molecule has 3 aromatic rings. The van der Waals surface area contributed by atoms with Crippen LogP contribution < -0.4 is 9.62 Å². The van der Waals surface area contributed by atoms with Crippen LogP contribution in [0, 0.1) is 3.57 Å². The van der Waals surface area contributed by atoms with Gasteiger partial charge in [0.1, 0.15) is 12.6 Å². The van der Waals surface area contributed by atoms with E-state index in [-0.39, 0.29) is 18.5 Å². The van der Waals surface area contributed by atoms with E-state index in [2.05, 4.69) is 43.8 Å². The zero-order valence-electron chi connectivity index (χ0n) is 22.3. The van der Waals surface area contributed by atoms with Crippen LogP contribution in [0.25, 0.3) is 0 Å². The van der Waals surface area contributed by atoms with Gasteiger partial charge < -0.3 is 10.2 Å². The highest BCUT2D eigenvalue weighted by atomic mass is 127. The lowest BCUT2D eigenvalue weighted by atomic mass is 10.0. The van der Waals surface area contributed by atoms with Crippen molar-refractivity contribution in [3.8, 4) is 0 Å². The number of hydrogen-bond acceptors (Lipinski definition) is 4. The van der Waals surface area contributed by atoms with Crippen molar-refractivity contribution in [1.29, 1.82) is 0 Å². The third-order valence-electron chi connectivity index (χ3n) is 7.03. The van der Waals surface area contributed by atoms with E-state index in [0.717, 1.165) is 55.4 Å². The first-order valence-corrected chi connectivity index (χ1v) is 16.9. The van der Waals surface area contributed by atoms with Gasteiger partial charge in [0, 0.05) is 27.1 Å². The molecule has 0 spiro atoms. The lowest BCUT2D eigenvalue weighted by Gasteiger charge is -2.34. The molecule has 3 aromatic carbocycles. The number of rotatable bonds is 11. The van der Waals surface area contributed by atoms with Crippen LogP contribution in [0.15, 0.2) is 83.3 Å². The average Bonchev–Trinajstić information content (AvgIpc) is 3.44. The first-order chi connectivity index (χ1) is 19.1. The molecule has 10 heteroatoms. The van der Waals surface area contributed by atoms with E-state index in [1.54, 1.807) is 24.3 Å². The van der Waals surface area contributed by atoms with Gasteiger partial charge in [-0.3, -0.25) is 13.9 Å². The summed E-state index contributed by atoms with van der Waals surface area (Å²) >= 11 is 5.60. The summed E-state index contributed by atoms with van der Waals surface area (Å²) in [6.07, 6.45) is 5.36. The fourth-order valence-electron chi connectivity index (χ4n) is 4.93. The Balaban J connectivity index is 1.71. The minimum Gasteiger partial charge on any atom is -0.352 e. The molecule has 2 amide bonds. The standard InChI is InChI=1S/C30H33BrIN3O4S/c1-40(38,39)35(27-17-15-25(32)16-18-27)21-29(36)34(20-23-11-13-24(31)14-12-23)28(19-22-7-3-2-4-8-22)30(37)33-26-9-5-6-10-26/h2-4,7-8,11-18,26,28H,5-6,9-10,19-21H2,1H3,(H,33,37)/t28-/m0/s1. The summed E-state index contributed by atoms with van der Waals surface area (Å²) in [5.41, 5.74) is 2.15. The molecule has 1 saturated carbocycles. The van der Waals surface area contributed by atoms with Crippen LogP contribution in [-0.2, 0) is 32.6 Å². The number of carbonyl (C=O) groups excluding carboxylic acids is 2. The highest BCUT2D eigenvalue weighted by Crippen LogP contribution is 2.23. The van der Waals surface area contributed by atoms with Crippen molar-refractivity contribution in [2.24, 2.45) is 0 Å². The molecule has 0 saturated heterocycles. The van der Waals surface area contributed by atoms with Gasteiger partial charge >= 0.3 is 0 Å². The second-order valence-electron chi connectivity index (χ2n) is 10.1. The van der Waals surface area contributed by atoms with Crippen molar-refractivity contribution < 1.29 is 18.0 Å². The van der Waals surface area contributed by atoms with E-state index in [0.29, 0.717) is 12.1 Å². The van der Waals surface area contributed by atoms with Crippen LogP contribution in [0.2, 0.25) is 0 Å². The van der Waals surface area contributed by atoms with Gasteiger partial charge in [0.25, 0.3) is 0 Å². The fraction of sp³-hybridized carbons (Fsp3) is 0.333. The van der Waals surface area contributed by atoms with Crippen molar-refractivity contribution in [3.05, 3.63) is 98.0 Å². The summed E-state index contributed by atoms with van der Waals surface area (Å²) in [4.78, 5) is 29.5. The number of carbonyl (C=O) groups is 2. The van der Waals surface area contributed by atoms with Crippen molar-refractivity contribution in [2.45, 2.75) is 50.7 Å². The van der Waals surface area contributed by atoms with Gasteiger partial charge in [0.2, 0.25) is 21.8 Å². The molecule has 1 fully saturated rings. The monoisotopic (exact) mass is 737 g/mol. The maximum atomic E-state index is 14.1. The van der Waals surface area contributed by atoms with Crippen molar-refractivity contribution in [2.75, 3.05) is 17.1 Å². The lowest BCUT2D eigenvalue weighted by Crippen LogP contribution is -2.54. The smallest absolute Gasteiger partial charge is 0.244 e. The fourth-order valence-corrected chi connectivity index (χ4v) is 6.40. The second-order valence-corrected chi connectivity index (χ2v) is 14.2. The van der Waals surface area contributed by atoms with Crippen LogP contribution in [0.1, 0.15) is 36.8 Å². The molecule has 212 valence electrons. The van der Waals surface area contributed by atoms with E-state index >= 15 is 0 Å². The molecule has 0 heterocycles. The Bertz CT molecular complexity index is 1400. The predicted molar refractivity (Wildman–Crippen MR) is 170 cm³/mol. The third kappa shape index (κ3) is 8.53. The molecule has 1 atom stereocenters. The summed E-state index contributed by atoms with van der Waals surface area (Å²) in [5, 5.41) is 3.18. The summed E-state index contributed by atoms with van der Waals surface area (Å²) in [6, 6.07) is 23.4. The Hall–Kier alpha value is -2.44. The van der Waals surface area contributed by atoms with Crippen molar-refractivity contribution in [3.63, 3.8) is 0 Å². The van der Waals surface area contributed by atoms with Gasteiger partial charge in [0.15, 0.2) is 0 Å². The predicted octanol–water partition coefficient (Wildman–Crippen LogP) is 5.52. The molecule has 7 nitrogen and oxygen atoms in total. The minimum absolute atomic E-state index is 0.0784. The number of hydrogen-bond donors (Lipinski definition) is 1. The van der Waals surface area contributed by atoms with E-state index in [4.69, 9.17) is 0 Å². The summed E-state index contributed by atoms with van der Waals surface area (Å²) in [6.45, 7) is -0.260. The topological polar surface area (TPSA) is 86.8 Å². The van der Waals surface area contributed by atoms with E-state index in [1.807, 2.05) is 54.6 Å². The Morgan fingerprint density at radius 1 is 0.950 bits per heavy atom. The number of benzene rings is 3. The Kier molecular flexibility index (Phi) is 10.6. The zero-order valence-corrected chi connectivity index (χ0v) is 26.9. The molecule has 0 radical (unpaired) electrons. The van der Waals surface area contributed by atoms with Gasteiger partial charge in [-0.25, -0.2) is 8.42 Å². The normalized spacial score (nSPS) is 14.5. The van der Waals surface area contributed by atoms with Gasteiger partial charge in [0.05, 0.1) is 11.9 Å². The highest BCUT2D eigenvalue weighted by Gasteiger charge is 2.34. The summed E-state index contributed by atoms with van der Waals surface area (Å²) in [7, 11) is -3.78. The number of nitrogens with one attached hydrogen (secondary N) is 1. The molecule has 0 aliphatic heterocycles. The largest absolute Gasteiger partial charge is 0.352 e. The number of halogens is 2. The molecule has 40 heavy (non-hydrogen) atoms. The van der Waals surface area contributed by atoms with E-state index < -0.39 is 28.5 Å². The van der Waals surface area contributed by atoms with Crippen LogP contribution in [0.4, 0.5) is 5.69 Å². The highest BCUT2D eigenvalue weighted by molar-refractivity contribution is 14.1. The second kappa shape index (κ2) is 14.0. The molecule has 0 aromatic heterocycles. The zero-order chi connectivity index (χ0) is 28.7. The van der Waals surface area contributed by atoms with Crippen LogP contribution in [0.5, 0.6) is 0 Å². The summed E-state index contributed by atoms with van der Waals surface area (Å²) < 4.78 is 28.7. The molecule has 0 unspecified atom stereocenters. The van der Waals surface area contributed by atoms with Crippen molar-refractivity contribution in [1.82, 2.24) is 10.2 Å². The SMILES string of the molecule is CS(=O)(=O)N(CC(=O)N(Cc1ccc(Br)cc1)[C@@H](Cc1ccccc1)C(=O)NC1CCCC1)c1ccc(I)cc1. The van der Waals surface area contributed by atoms with Crippen LogP contribution >= 0.6 is 38.5 Å². The van der Waals surface area contributed by atoms with Crippen LogP contribution in [-0.4, -0.2) is 50.0 Å². The molecule has 4 rings (SSSR count). The van der Waals surface area contributed by atoms with E-state index in [9.17, 15) is 18.0 Å². The minimum atomic E-state index is -3.78. The van der Waals surface area contributed by atoms with Gasteiger partial charge in [-0.2, -0.15) is 0 Å². The summed E-state index contributed by atoms with van der Waals surface area (Å²) in [5.74, 6) is -0.671. The first-order valence-electron chi connectivity index (χ1n) is 13.2. The molecular weight excluding hydrogens is 705 g/mol. The van der Waals surface area contributed by atoms with Gasteiger partial charge in [-0.1, -0.05) is 71.2 Å². The van der Waals surface area contributed by atoms with Gasteiger partial charge in [-0.05, 0) is 83.0 Å². The number of sulfonamides is 1. The number of nitrogens with zero attached hydrogens (tertiary/aromatic N) is 2. The molecule has 1 aliphatic rings. The average molecular weight is 738 g/mol. The van der Waals surface area contributed by atoms with Gasteiger partial charge in [-0.15, -0.1) is 0 Å². The Morgan fingerprint density at radius 2 is 1.57 bits per heavy atom. The molecule has 0 bridgehead atoms. The van der Waals surface area contributed by atoms with E-state index in [1.165, 1.54) is 4.90 Å². The maximum absolute atomic E-state index is 14.1. The molecule has 1 N–H and O–H groups in total. The molecule has 1 aliphatic carbocycles. The molecular formula is C30H33BrIN3O4S. The van der Waals surface area contributed by atoms with Crippen molar-refractivity contribution >= 4 is 66.0 Å². The number of anilines is 1. The number of amides is 2.